The largest absolute Gasteiger partial charge is 0.508 e. The van der Waals surface area contributed by atoms with Crippen molar-refractivity contribution in [2.45, 2.75) is 58.9 Å². The zero-order valence-corrected chi connectivity index (χ0v) is 16.6. The normalized spacial score (nSPS) is 13.7. The third kappa shape index (κ3) is 5.03. The van der Waals surface area contributed by atoms with Gasteiger partial charge in [0.1, 0.15) is 11.5 Å². The van der Waals surface area contributed by atoms with Crippen molar-refractivity contribution >= 4 is 5.91 Å². The van der Waals surface area contributed by atoms with Gasteiger partial charge in [0.05, 0.1) is 0 Å². The molecule has 1 aliphatic carbocycles. The van der Waals surface area contributed by atoms with E-state index in [1.54, 1.807) is 6.07 Å². The number of benzene rings is 2. The van der Waals surface area contributed by atoms with E-state index in [9.17, 15) is 9.90 Å². The molecule has 27 heavy (non-hydrogen) atoms. The number of carbonyl (C=O) groups excluding carboxylic acids is 1. The molecule has 1 amide bonds. The average molecular weight is 367 g/mol. The Bertz CT molecular complexity index is 815. The van der Waals surface area contributed by atoms with Crippen molar-refractivity contribution < 1.29 is 14.6 Å². The minimum absolute atomic E-state index is 0.0535. The maximum Gasteiger partial charge on any atom is 0.258 e. The standard InChI is InChI=1S/C23H29NO3/c1-14(2)20-11-17(5-8-22(20)25)12-21-15(3)9-19(10-16(21)4)27-13-23(26)24-18-6-7-18/h5,8-11,14,18,25H,6-7,12-13H2,1-4H3,(H,24,26). The summed E-state index contributed by atoms with van der Waals surface area (Å²) in [5, 5.41) is 13.0. The van der Waals surface area contributed by atoms with Gasteiger partial charge in [0.15, 0.2) is 6.61 Å². The third-order valence-corrected chi connectivity index (χ3v) is 5.08. The Hall–Kier alpha value is -2.49. The zero-order chi connectivity index (χ0) is 19.6. The van der Waals surface area contributed by atoms with Crippen LogP contribution in [0.4, 0.5) is 0 Å². The summed E-state index contributed by atoms with van der Waals surface area (Å²) in [7, 11) is 0. The monoisotopic (exact) mass is 367 g/mol. The molecule has 0 saturated heterocycles. The SMILES string of the molecule is Cc1cc(OCC(=O)NC2CC2)cc(C)c1Cc1ccc(O)c(C(C)C)c1. The second kappa shape index (κ2) is 8.03. The zero-order valence-electron chi connectivity index (χ0n) is 16.6. The smallest absolute Gasteiger partial charge is 0.258 e. The van der Waals surface area contributed by atoms with Crippen molar-refractivity contribution in [1.82, 2.24) is 5.32 Å². The number of carbonyl (C=O) groups is 1. The predicted molar refractivity (Wildman–Crippen MR) is 108 cm³/mol. The van der Waals surface area contributed by atoms with Crippen LogP contribution in [0.3, 0.4) is 0 Å². The number of phenolic OH excluding ortho intramolecular Hbond substituents is 1. The Morgan fingerprint density at radius 3 is 2.44 bits per heavy atom. The highest BCUT2D eigenvalue weighted by atomic mass is 16.5. The van der Waals surface area contributed by atoms with Crippen LogP contribution in [0.5, 0.6) is 11.5 Å². The summed E-state index contributed by atoms with van der Waals surface area (Å²) in [6.07, 6.45) is 2.96. The first-order chi connectivity index (χ1) is 12.8. The molecular formula is C23H29NO3. The van der Waals surface area contributed by atoms with Gasteiger partial charge in [-0.25, -0.2) is 0 Å². The van der Waals surface area contributed by atoms with Gasteiger partial charge in [-0.15, -0.1) is 0 Å². The molecule has 1 saturated carbocycles. The summed E-state index contributed by atoms with van der Waals surface area (Å²) in [4.78, 5) is 11.8. The highest BCUT2D eigenvalue weighted by Crippen LogP contribution is 2.29. The van der Waals surface area contributed by atoms with Gasteiger partial charge >= 0.3 is 0 Å². The quantitative estimate of drug-likeness (QED) is 0.763. The van der Waals surface area contributed by atoms with Crippen molar-refractivity contribution in [3.05, 3.63) is 58.1 Å². The Labute approximate surface area is 161 Å². The van der Waals surface area contributed by atoms with Crippen LogP contribution in [0.1, 0.15) is 60.4 Å². The van der Waals surface area contributed by atoms with Crippen molar-refractivity contribution in [3.63, 3.8) is 0 Å². The average Bonchev–Trinajstić information content (AvgIpc) is 3.41. The Morgan fingerprint density at radius 1 is 1.19 bits per heavy atom. The molecule has 1 aliphatic rings. The Balaban J connectivity index is 1.71. The molecule has 2 aromatic rings. The van der Waals surface area contributed by atoms with Gasteiger partial charge in [0.25, 0.3) is 5.91 Å². The van der Waals surface area contributed by atoms with Crippen LogP contribution in [0.2, 0.25) is 0 Å². The van der Waals surface area contributed by atoms with Gasteiger partial charge in [0, 0.05) is 6.04 Å². The summed E-state index contributed by atoms with van der Waals surface area (Å²) < 4.78 is 5.68. The number of aryl methyl sites for hydroxylation is 2. The van der Waals surface area contributed by atoms with E-state index in [-0.39, 0.29) is 18.4 Å². The Morgan fingerprint density at radius 2 is 1.85 bits per heavy atom. The molecule has 0 bridgehead atoms. The van der Waals surface area contributed by atoms with E-state index < -0.39 is 0 Å². The molecule has 2 N–H and O–H groups in total. The molecule has 0 aromatic heterocycles. The molecule has 3 rings (SSSR count). The minimum Gasteiger partial charge on any atom is -0.508 e. The van der Waals surface area contributed by atoms with E-state index in [0.717, 1.165) is 41.7 Å². The van der Waals surface area contributed by atoms with Crippen LogP contribution in [0.15, 0.2) is 30.3 Å². The number of aromatic hydroxyl groups is 1. The topological polar surface area (TPSA) is 58.6 Å². The minimum atomic E-state index is -0.0535. The number of amides is 1. The summed E-state index contributed by atoms with van der Waals surface area (Å²) >= 11 is 0. The second-order valence-corrected chi connectivity index (χ2v) is 7.89. The summed E-state index contributed by atoms with van der Waals surface area (Å²) in [5.74, 6) is 1.32. The van der Waals surface area contributed by atoms with E-state index in [1.165, 1.54) is 11.1 Å². The molecule has 0 atom stereocenters. The number of nitrogens with one attached hydrogen (secondary N) is 1. The van der Waals surface area contributed by atoms with E-state index in [0.29, 0.717) is 11.8 Å². The van der Waals surface area contributed by atoms with Gasteiger partial charge in [0.2, 0.25) is 0 Å². The van der Waals surface area contributed by atoms with Crippen molar-refractivity contribution in [3.8, 4) is 11.5 Å². The van der Waals surface area contributed by atoms with Gasteiger partial charge < -0.3 is 15.2 Å². The van der Waals surface area contributed by atoms with Crippen LogP contribution in [-0.2, 0) is 11.2 Å². The third-order valence-electron chi connectivity index (χ3n) is 5.08. The summed E-state index contributed by atoms with van der Waals surface area (Å²) in [6, 6.07) is 10.2. The van der Waals surface area contributed by atoms with Crippen molar-refractivity contribution in [2.75, 3.05) is 6.61 Å². The van der Waals surface area contributed by atoms with Crippen LogP contribution in [0, 0.1) is 13.8 Å². The molecule has 0 unspecified atom stereocenters. The first kappa shape index (κ1) is 19.3. The number of phenols is 1. The van der Waals surface area contributed by atoms with E-state index in [4.69, 9.17) is 4.74 Å². The van der Waals surface area contributed by atoms with Gasteiger partial charge in [-0.05, 0) is 85.0 Å². The predicted octanol–water partition coefficient (Wildman–Crippen LogP) is 4.38. The summed E-state index contributed by atoms with van der Waals surface area (Å²) in [6.45, 7) is 8.37. The molecule has 0 radical (unpaired) electrons. The maximum atomic E-state index is 11.8. The van der Waals surface area contributed by atoms with Gasteiger partial charge in [-0.1, -0.05) is 26.0 Å². The van der Waals surface area contributed by atoms with Crippen LogP contribution < -0.4 is 10.1 Å². The van der Waals surface area contributed by atoms with Crippen LogP contribution >= 0.6 is 0 Å². The van der Waals surface area contributed by atoms with E-state index >= 15 is 0 Å². The van der Waals surface area contributed by atoms with Crippen LogP contribution in [-0.4, -0.2) is 23.7 Å². The molecule has 4 heteroatoms. The fourth-order valence-electron chi connectivity index (χ4n) is 3.34. The van der Waals surface area contributed by atoms with Crippen molar-refractivity contribution in [1.29, 1.82) is 0 Å². The van der Waals surface area contributed by atoms with Crippen molar-refractivity contribution in [2.24, 2.45) is 0 Å². The van der Waals surface area contributed by atoms with Gasteiger partial charge in [-0.3, -0.25) is 4.79 Å². The number of ether oxygens (including phenoxy) is 1. The lowest BCUT2D eigenvalue weighted by atomic mass is 9.93. The highest BCUT2D eigenvalue weighted by Gasteiger charge is 2.23. The lowest BCUT2D eigenvalue weighted by Crippen LogP contribution is -2.30. The lowest BCUT2D eigenvalue weighted by molar-refractivity contribution is -0.123. The molecular weight excluding hydrogens is 338 g/mol. The maximum absolute atomic E-state index is 11.8. The molecule has 0 aliphatic heterocycles. The number of hydrogen-bond donors (Lipinski definition) is 2. The van der Waals surface area contributed by atoms with E-state index in [2.05, 4.69) is 39.1 Å². The molecule has 2 aromatic carbocycles. The Kier molecular flexibility index (Phi) is 5.73. The first-order valence-electron chi connectivity index (χ1n) is 9.67. The first-order valence-corrected chi connectivity index (χ1v) is 9.67. The number of rotatable bonds is 7. The fourth-order valence-corrected chi connectivity index (χ4v) is 3.34. The lowest BCUT2D eigenvalue weighted by Gasteiger charge is -2.15. The fraction of sp³-hybridized carbons (Fsp3) is 0.435. The molecule has 144 valence electrons. The van der Waals surface area contributed by atoms with E-state index in [1.807, 2.05) is 18.2 Å². The molecule has 0 heterocycles. The molecule has 1 fully saturated rings. The summed E-state index contributed by atoms with van der Waals surface area (Å²) in [5.41, 5.74) is 5.70. The van der Waals surface area contributed by atoms with Crippen LogP contribution in [0.25, 0.3) is 0 Å². The molecule has 0 spiro atoms. The van der Waals surface area contributed by atoms with Gasteiger partial charge in [-0.2, -0.15) is 0 Å². The highest BCUT2D eigenvalue weighted by molar-refractivity contribution is 5.78. The second-order valence-electron chi connectivity index (χ2n) is 7.89. The number of hydrogen-bond acceptors (Lipinski definition) is 3. The molecule has 4 nitrogen and oxygen atoms in total.